The van der Waals surface area contributed by atoms with Gasteiger partial charge in [-0.25, -0.2) is 18.2 Å². The largest absolute Gasteiger partial charge is 0.368 e. The highest BCUT2D eigenvalue weighted by molar-refractivity contribution is 6.30. The summed E-state index contributed by atoms with van der Waals surface area (Å²) in [7, 11) is 0. The van der Waals surface area contributed by atoms with Gasteiger partial charge in [-0.1, -0.05) is 11.6 Å². The maximum atomic E-state index is 13.4. The maximum Gasteiger partial charge on any atom is 0.223 e. The van der Waals surface area contributed by atoms with E-state index >= 15 is 0 Å². The van der Waals surface area contributed by atoms with Crippen molar-refractivity contribution in [3.8, 4) is 0 Å². The first-order valence-corrected chi connectivity index (χ1v) is 7.53. The van der Waals surface area contributed by atoms with Crippen LogP contribution in [-0.2, 0) is 6.42 Å². The Morgan fingerprint density at radius 1 is 1.09 bits per heavy atom. The van der Waals surface area contributed by atoms with Gasteiger partial charge < -0.3 is 10.6 Å². The summed E-state index contributed by atoms with van der Waals surface area (Å²) in [4.78, 5) is 10.1. The van der Waals surface area contributed by atoms with E-state index in [0.29, 0.717) is 11.4 Å². The maximum absolute atomic E-state index is 13.4. The third kappa shape index (κ3) is 3.19. The van der Waals surface area contributed by atoms with Crippen LogP contribution in [0.25, 0.3) is 0 Å². The SMILES string of the molecule is Nc1nc(Cl)c(Cc2cc(F)c(F)c(F)c2)c(N2CCCC2)n1. The van der Waals surface area contributed by atoms with E-state index in [4.69, 9.17) is 17.3 Å². The van der Waals surface area contributed by atoms with Crippen molar-refractivity contribution in [1.29, 1.82) is 0 Å². The summed E-state index contributed by atoms with van der Waals surface area (Å²) in [5, 5.41) is 0.129. The third-order valence-electron chi connectivity index (χ3n) is 3.78. The number of nitrogens with two attached hydrogens (primary N) is 1. The lowest BCUT2D eigenvalue weighted by Crippen LogP contribution is -2.22. The Bertz CT molecular complexity index is 725. The van der Waals surface area contributed by atoms with Crippen LogP contribution in [0.5, 0.6) is 0 Å². The van der Waals surface area contributed by atoms with Gasteiger partial charge >= 0.3 is 0 Å². The zero-order valence-corrected chi connectivity index (χ0v) is 12.9. The molecule has 3 rings (SSSR count). The van der Waals surface area contributed by atoms with Crippen molar-refractivity contribution in [2.45, 2.75) is 19.3 Å². The molecule has 0 saturated carbocycles. The van der Waals surface area contributed by atoms with Gasteiger partial charge in [-0.15, -0.1) is 0 Å². The minimum atomic E-state index is -1.49. The fourth-order valence-electron chi connectivity index (χ4n) is 2.72. The molecule has 1 saturated heterocycles. The van der Waals surface area contributed by atoms with E-state index in [1.54, 1.807) is 0 Å². The number of nitrogens with zero attached hydrogens (tertiary/aromatic N) is 3. The van der Waals surface area contributed by atoms with Crippen LogP contribution in [0.4, 0.5) is 24.9 Å². The molecule has 1 aliphatic heterocycles. The third-order valence-corrected chi connectivity index (χ3v) is 4.09. The topological polar surface area (TPSA) is 55.0 Å². The molecule has 23 heavy (non-hydrogen) atoms. The standard InChI is InChI=1S/C15H14ClF3N4/c16-13-9(5-8-6-10(17)12(19)11(18)7-8)14(22-15(20)21-13)23-3-1-2-4-23/h6-7H,1-5H2,(H2,20,21,22). The summed E-state index contributed by atoms with van der Waals surface area (Å²) >= 11 is 6.15. The predicted molar refractivity (Wildman–Crippen MR) is 82.0 cm³/mol. The Morgan fingerprint density at radius 2 is 1.70 bits per heavy atom. The molecule has 0 amide bonds. The van der Waals surface area contributed by atoms with E-state index in [1.165, 1.54) is 0 Å². The Balaban J connectivity index is 2.02. The second-order valence-corrected chi connectivity index (χ2v) is 5.78. The molecule has 2 N–H and O–H groups in total. The molecule has 1 aromatic carbocycles. The zero-order chi connectivity index (χ0) is 16.6. The first-order valence-electron chi connectivity index (χ1n) is 7.16. The second-order valence-electron chi connectivity index (χ2n) is 5.42. The molecule has 1 aliphatic rings. The van der Waals surface area contributed by atoms with Gasteiger partial charge in [0.1, 0.15) is 11.0 Å². The van der Waals surface area contributed by atoms with Crippen LogP contribution in [0.2, 0.25) is 5.15 Å². The predicted octanol–water partition coefficient (Wildman–Crippen LogP) is 3.32. The Morgan fingerprint density at radius 3 is 2.30 bits per heavy atom. The molecule has 0 aliphatic carbocycles. The fraction of sp³-hybridized carbons (Fsp3) is 0.333. The summed E-state index contributed by atoms with van der Waals surface area (Å²) < 4.78 is 39.9. The van der Waals surface area contributed by atoms with Gasteiger partial charge in [-0.3, -0.25) is 0 Å². The highest BCUT2D eigenvalue weighted by Gasteiger charge is 2.22. The van der Waals surface area contributed by atoms with Gasteiger partial charge in [0.05, 0.1) is 0 Å². The van der Waals surface area contributed by atoms with Crippen LogP contribution in [0.1, 0.15) is 24.0 Å². The molecule has 2 heterocycles. The van der Waals surface area contributed by atoms with E-state index in [1.807, 2.05) is 4.90 Å². The second kappa shape index (κ2) is 6.23. The summed E-state index contributed by atoms with van der Waals surface area (Å²) in [5.41, 5.74) is 6.42. The molecule has 0 radical (unpaired) electrons. The van der Waals surface area contributed by atoms with Crippen LogP contribution >= 0.6 is 11.6 Å². The van der Waals surface area contributed by atoms with Crippen LogP contribution < -0.4 is 10.6 Å². The number of rotatable bonds is 3. The molecule has 4 nitrogen and oxygen atoms in total. The molecule has 1 aromatic heterocycles. The molecular weight excluding hydrogens is 329 g/mol. The van der Waals surface area contributed by atoms with E-state index in [9.17, 15) is 13.2 Å². The molecule has 0 atom stereocenters. The fourth-order valence-corrected chi connectivity index (χ4v) is 2.96. The summed E-state index contributed by atoms with van der Waals surface area (Å²) in [6, 6.07) is 1.89. The lowest BCUT2D eigenvalue weighted by atomic mass is 10.1. The number of halogens is 4. The van der Waals surface area contributed by atoms with Gasteiger partial charge in [0.25, 0.3) is 0 Å². The van der Waals surface area contributed by atoms with Crippen LogP contribution in [-0.4, -0.2) is 23.1 Å². The van der Waals surface area contributed by atoms with Gasteiger partial charge in [-0.2, -0.15) is 4.98 Å². The number of anilines is 2. The smallest absolute Gasteiger partial charge is 0.223 e. The van der Waals surface area contributed by atoms with Crippen molar-refractivity contribution >= 4 is 23.4 Å². The van der Waals surface area contributed by atoms with Crippen LogP contribution in [0.15, 0.2) is 12.1 Å². The highest BCUT2D eigenvalue weighted by Crippen LogP contribution is 2.30. The van der Waals surface area contributed by atoms with Crippen LogP contribution in [0.3, 0.4) is 0 Å². The van der Waals surface area contributed by atoms with Gasteiger partial charge in [0.2, 0.25) is 5.95 Å². The van der Waals surface area contributed by atoms with Crippen molar-refractivity contribution in [3.63, 3.8) is 0 Å². The van der Waals surface area contributed by atoms with Crippen molar-refractivity contribution in [2.75, 3.05) is 23.7 Å². The summed E-state index contributed by atoms with van der Waals surface area (Å²) in [6.45, 7) is 1.60. The molecule has 0 unspecified atom stereocenters. The number of aromatic nitrogens is 2. The van der Waals surface area contributed by atoms with E-state index in [2.05, 4.69) is 9.97 Å². The van der Waals surface area contributed by atoms with Crippen molar-refractivity contribution in [1.82, 2.24) is 9.97 Å². The summed E-state index contributed by atoms with van der Waals surface area (Å²) in [6.07, 6.45) is 2.11. The average molecular weight is 343 g/mol. The zero-order valence-electron chi connectivity index (χ0n) is 12.1. The molecule has 2 aromatic rings. The molecule has 122 valence electrons. The number of hydrogen-bond acceptors (Lipinski definition) is 4. The van der Waals surface area contributed by atoms with E-state index < -0.39 is 17.5 Å². The van der Waals surface area contributed by atoms with Crippen LogP contribution in [0, 0.1) is 17.5 Å². The molecule has 0 bridgehead atoms. The Kier molecular flexibility index (Phi) is 4.30. The number of benzene rings is 1. The quantitative estimate of drug-likeness (QED) is 0.686. The van der Waals surface area contributed by atoms with E-state index in [0.717, 1.165) is 38.1 Å². The van der Waals surface area contributed by atoms with Crippen molar-refractivity contribution in [2.24, 2.45) is 0 Å². The number of hydrogen-bond donors (Lipinski definition) is 1. The monoisotopic (exact) mass is 342 g/mol. The Labute approximate surface area is 136 Å². The lowest BCUT2D eigenvalue weighted by Gasteiger charge is -2.21. The van der Waals surface area contributed by atoms with Crippen molar-refractivity contribution < 1.29 is 13.2 Å². The molecule has 8 heteroatoms. The van der Waals surface area contributed by atoms with Gasteiger partial charge in [0, 0.05) is 25.1 Å². The normalized spacial score (nSPS) is 14.5. The van der Waals surface area contributed by atoms with Gasteiger partial charge in [-0.05, 0) is 30.5 Å². The average Bonchev–Trinajstić information content (AvgIpc) is 3.01. The summed E-state index contributed by atoms with van der Waals surface area (Å²) in [5.74, 6) is -3.37. The molecule has 0 spiro atoms. The minimum absolute atomic E-state index is 0.0390. The minimum Gasteiger partial charge on any atom is -0.368 e. The highest BCUT2D eigenvalue weighted by atomic mass is 35.5. The molecule has 1 fully saturated rings. The number of nitrogen functional groups attached to an aromatic ring is 1. The van der Waals surface area contributed by atoms with Crippen molar-refractivity contribution in [3.05, 3.63) is 45.9 Å². The first kappa shape index (κ1) is 15.9. The Hall–Kier alpha value is -2.02. The molecular formula is C15H14ClF3N4. The lowest BCUT2D eigenvalue weighted by molar-refractivity contribution is 0.445. The van der Waals surface area contributed by atoms with Gasteiger partial charge in [0.15, 0.2) is 17.5 Å². The van der Waals surface area contributed by atoms with E-state index in [-0.39, 0.29) is 23.1 Å². The first-order chi connectivity index (χ1) is 11.0.